The highest BCUT2D eigenvalue weighted by molar-refractivity contribution is 7.89. The van der Waals surface area contributed by atoms with Gasteiger partial charge in [0, 0.05) is 19.3 Å². The molecular formula is C19H23FN4O4S. The fourth-order valence-corrected chi connectivity index (χ4v) is 3.77. The Morgan fingerprint density at radius 3 is 2.52 bits per heavy atom. The van der Waals surface area contributed by atoms with E-state index in [9.17, 15) is 22.4 Å². The Morgan fingerprint density at radius 1 is 1.21 bits per heavy atom. The van der Waals surface area contributed by atoms with E-state index >= 15 is 0 Å². The predicted octanol–water partition coefficient (Wildman–Crippen LogP) is 1.93. The number of hydrogen-bond acceptors (Lipinski definition) is 5. The van der Waals surface area contributed by atoms with Crippen LogP contribution in [0.4, 0.5) is 10.2 Å². The highest BCUT2D eigenvalue weighted by Gasteiger charge is 2.23. The summed E-state index contributed by atoms with van der Waals surface area (Å²) in [6, 6.07) is 6.00. The summed E-state index contributed by atoms with van der Waals surface area (Å²) >= 11 is 0. The van der Waals surface area contributed by atoms with E-state index in [0.29, 0.717) is 5.82 Å². The minimum atomic E-state index is -3.90. The van der Waals surface area contributed by atoms with Crippen molar-refractivity contribution in [3.8, 4) is 0 Å². The average Bonchev–Trinajstić information content (AvgIpc) is 2.60. The van der Waals surface area contributed by atoms with Crippen molar-refractivity contribution in [2.45, 2.75) is 31.7 Å². The first-order chi connectivity index (χ1) is 13.5. The van der Waals surface area contributed by atoms with Crippen LogP contribution < -0.4 is 10.0 Å². The van der Waals surface area contributed by atoms with Gasteiger partial charge in [0.15, 0.2) is 0 Å². The summed E-state index contributed by atoms with van der Waals surface area (Å²) in [6.45, 7) is 4.76. The van der Waals surface area contributed by atoms with Crippen molar-refractivity contribution in [2.24, 2.45) is 0 Å². The molecule has 0 unspecified atom stereocenters. The molecule has 0 aliphatic carbocycles. The molecule has 0 aliphatic rings. The van der Waals surface area contributed by atoms with Crippen molar-refractivity contribution in [3.05, 3.63) is 53.5 Å². The van der Waals surface area contributed by atoms with Gasteiger partial charge in [0.2, 0.25) is 15.9 Å². The van der Waals surface area contributed by atoms with Gasteiger partial charge in [0.1, 0.15) is 11.6 Å². The number of hydrogen-bond donors (Lipinski definition) is 2. The minimum Gasteiger partial charge on any atom is -0.332 e. The molecule has 0 saturated carbocycles. The van der Waals surface area contributed by atoms with Crippen LogP contribution in [0, 0.1) is 12.7 Å². The number of halogens is 1. The zero-order valence-electron chi connectivity index (χ0n) is 16.6. The van der Waals surface area contributed by atoms with E-state index in [2.05, 4.69) is 15.0 Å². The second-order valence-electron chi connectivity index (χ2n) is 6.85. The Kier molecular flexibility index (Phi) is 7.04. The summed E-state index contributed by atoms with van der Waals surface area (Å²) in [4.78, 5) is 29.5. The molecule has 2 amide bonds. The smallest absolute Gasteiger partial charge is 0.257 e. The highest BCUT2D eigenvalue weighted by Crippen LogP contribution is 2.17. The Morgan fingerprint density at radius 2 is 1.90 bits per heavy atom. The molecule has 29 heavy (non-hydrogen) atoms. The van der Waals surface area contributed by atoms with Gasteiger partial charge < -0.3 is 10.2 Å². The lowest BCUT2D eigenvalue weighted by Crippen LogP contribution is -2.36. The highest BCUT2D eigenvalue weighted by atomic mass is 32.2. The Hall–Kier alpha value is -2.85. The molecule has 0 aliphatic heterocycles. The topological polar surface area (TPSA) is 108 Å². The molecule has 2 aromatic rings. The summed E-state index contributed by atoms with van der Waals surface area (Å²) in [5, 5.41) is 2.55. The Balaban J connectivity index is 2.16. The van der Waals surface area contributed by atoms with Gasteiger partial charge in [0.25, 0.3) is 5.91 Å². The first-order valence-electron chi connectivity index (χ1n) is 8.79. The van der Waals surface area contributed by atoms with Crippen LogP contribution >= 0.6 is 0 Å². The van der Waals surface area contributed by atoms with Gasteiger partial charge in [-0.05, 0) is 56.7 Å². The van der Waals surface area contributed by atoms with Crippen LogP contribution in [0.2, 0.25) is 0 Å². The van der Waals surface area contributed by atoms with E-state index in [1.807, 2.05) is 6.92 Å². The third-order valence-electron chi connectivity index (χ3n) is 3.78. The average molecular weight is 422 g/mol. The van der Waals surface area contributed by atoms with E-state index < -0.39 is 33.2 Å². The second kappa shape index (κ2) is 9.10. The van der Waals surface area contributed by atoms with Crippen molar-refractivity contribution in [3.63, 3.8) is 0 Å². The Bertz CT molecular complexity index is 1020. The predicted molar refractivity (Wildman–Crippen MR) is 106 cm³/mol. The SMILES string of the molecule is Cc1ccnc(NC(=O)CN(C)C(=O)c2cc(S(=O)(=O)NC(C)C)ccc2F)c1. The van der Waals surface area contributed by atoms with Crippen molar-refractivity contribution in [1.29, 1.82) is 0 Å². The molecular weight excluding hydrogens is 399 g/mol. The van der Waals surface area contributed by atoms with Crippen LogP contribution in [0.1, 0.15) is 29.8 Å². The Labute approximate surface area is 169 Å². The second-order valence-corrected chi connectivity index (χ2v) is 8.56. The quantitative estimate of drug-likeness (QED) is 0.709. The van der Waals surface area contributed by atoms with Gasteiger partial charge in [-0.2, -0.15) is 0 Å². The maximum atomic E-state index is 14.2. The van der Waals surface area contributed by atoms with Crippen molar-refractivity contribution >= 4 is 27.7 Å². The largest absolute Gasteiger partial charge is 0.332 e. The maximum absolute atomic E-state index is 14.2. The number of rotatable bonds is 7. The van der Waals surface area contributed by atoms with Crippen LogP contribution in [0.25, 0.3) is 0 Å². The number of likely N-dealkylation sites (N-methyl/N-ethyl adjacent to an activating group) is 1. The van der Waals surface area contributed by atoms with Crippen molar-refractivity contribution in [1.82, 2.24) is 14.6 Å². The molecule has 0 atom stereocenters. The summed E-state index contributed by atoms with van der Waals surface area (Å²) in [6.07, 6.45) is 1.53. The lowest BCUT2D eigenvalue weighted by molar-refractivity contribution is -0.116. The molecule has 0 radical (unpaired) electrons. The molecule has 2 rings (SSSR count). The van der Waals surface area contributed by atoms with E-state index in [4.69, 9.17) is 0 Å². The van der Waals surface area contributed by atoms with Gasteiger partial charge in [-0.15, -0.1) is 0 Å². The number of aryl methyl sites for hydroxylation is 1. The molecule has 156 valence electrons. The monoisotopic (exact) mass is 422 g/mol. The van der Waals surface area contributed by atoms with Crippen LogP contribution in [0.5, 0.6) is 0 Å². The van der Waals surface area contributed by atoms with E-state index in [-0.39, 0.29) is 17.5 Å². The summed E-state index contributed by atoms with van der Waals surface area (Å²) in [5.41, 5.74) is 0.454. The van der Waals surface area contributed by atoms with Crippen molar-refractivity contribution in [2.75, 3.05) is 18.9 Å². The molecule has 10 heteroatoms. The molecule has 1 aromatic carbocycles. The normalized spacial score (nSPS) is 11.4. The number of anilines is 1. The van der Waals surface area contributed by atoms with Crippen LogP contribution in [0.3, 0.4) is 0 Å². The fourth-order valence-electron chi connectivity index (χ4n) is 2.49. The minimum absolute atomic E-state index is 0.238. The van der Waals surface area contributed by atoms with E-state index in [1.54, 1.807) is 26.0 Å². The maximum Gasteiger partial charge on any atom is 0.257 e. The van der Waals surface area contributed by atoms with Crippen molar-refractivity contribution < 1.29 is 22.4 Å². The standard InChI is InChI=1S/C19H23FN4O4S/c1-12(2)23-29(27,28)14-5-6-16(20)15(10-14)19(26)24(4)11-18(25)22-17-9-13(3)7-8-21-17/h5-10,12,23H,11H2,1-4H3,(H,21,22,25). The van der Waals surface area contributed by atoms with Gasteiger partial charge in [0.05, 0.1) is 17.0 Å². The number of carbonyl (C=O) groups is 2. The van der Waals surface area contributed by atoms with E-state index in [0.717, 1.165) is 28.7 Å². The lowest BCUT2D eigenvalue weighted by atomic mass is 10.2. The number of sulfonamides is 1. The van der Waals surface area contributed by atoms with Gasteiger partial charge >= 0.3 is 0 Å². The number of benzene rings is 1. The molecule has 0 spiro atoms. The first kappa shape index (κ1) is 22.4. The van der Waals surface area contributed by atoms with Crippen LogP contribution in [-0.2, 0) is 14.8 Å². The summed E-state index contributed by atoms with van der Waals surface area (Å²) < 4.78 is 41.1. The lowest BCUT2D eigenvalue weighted by Gasteiger charge is -2.18. The van der Waals surface area contributed by atoms with Gasteiger partial charge in [-0.3, -0.25) is 9.59 Å². The molecule has 8 nitrogen and oxygen atoms in total. The summed E-state index contributed by atoms with van der Waals surface area (Å²) in [7, 11) is -2.58. The molecule has 0 saturated heterocycles. The fraction of sp³-hybridized carbons (Fsp3) is 0.316. The third kappa shape index (κ3) is 6.06. The third-order valence-corrected chi connectivity index (χ3v) is 5.44. The zero-order chi connectivity index (χ0) is 21.8. The molecule has 0 bridgehead atoms. The molecule has 1 heterocycles. The van der Waals surface area contributed by atoms with E-state index in [1.165, 1.54) is 13.2 Å². The van der Waals surface area contributed by atoms with Crippen LogP contribution in [-0.4, -0.2) is 49.8 Å². The van der Waals surface area contributed by atoms with Gasteiger partial charge in [-0.1, -0.05) is 0 Å². The zero-order valence-corrected chi connectivity index (χ0v) is 17.4. The summed E-state index contributed by atoms with van der Waals surface area (Å²) in [5.74, 6) is -1.90. The molecule has 0 fully saturated rings. The van der Waals surface area contributed by atoms with Gasteiger partial charge in [-0.25, -0.2) is 22.5 Å². The molecule has 1 aromatic heterocycles. The number of aromatic nitrogens is 1. The number of carbonyl (C=O) groups excluding carboxylic acids is 2. The number of nitrogens with one attached hydrogen (secondary N) is 2. The number of nitrogens with zero attached hydrogens (tertiary/aromatic N) is 2. The first-order valence-corrected chi connectivity index (χ1v) is 10.3. The van der Waals surface area contributed by atoms with Crippen LogP contribution in [0.15, 0.2) is 41.4 Å². The number of pyridine rings is 1. The number of amides is 2. The molecule has 2 N–H and O–H groups in total.